The molecule has 0 amide bonds. The molecule has 0 atom stereocenters. The van der Waals surface area contributed by atoms with Crippen molar-refractivity contribution < 1.29 is 19.1 Å². The van der Waals surface area contributed by atoms with Gasteiger partial charge in [0.15, 0.2) is 5.41 Å². The third kappa shape index (κ3) is 2.09. The van der Waals surface area contributed by atoms with Crippen LogP contribution >= 0.6 is 22.6 Å². The van der Waals surface area contributed by atoms with Crippen molar-refractivity contribution in [1.82, 2.24) is 0 Å². The molecule has 0 unspecified atom stereocenters. The van der Waals surface area contributed by atoms with E-state index in [1.165, 1.54) is 14.2 Å². The van der Waals surface area contributed by atoms with Crippen LogP contribution in [-0.2, 0) is 19.1 Å². The van der Waals surface area contributed by atoms with Gasteiger partial charge >= 0.3 is 11.9 Å². The fourth-order valence-corrected chi connectivity index (χ4v) is 2.97. The molecule has 1 fully saturated rings. The zero-order valence-electron chi connectivity index (χ0n) is 9.42. The summed E-state index contributed by atoms with van der Waals surface area (Å²) < 4.78 is 11.3. The molecule has 1 aliphatic carbocycles. The normalized spacial score (nSPS) is 21.6. The van der Waals surface area contributed by atoms with Gasteiger partial charge in [-0.1, -0.05) is 29.0 Å². The first-order chi connectivity index (χ1) is 7.63. The van der Waals surface area contributed by atoms with Crippen molar-refractivity contribution in [1.29, 1.82) is 0 Å². The molecule has 0 aromatic carbocycles. The Morgan fingerprint density at radius 3 is 2.25 bits per heavy atom. The average molecular weight is 338 g/mol. The summed E-state index contributed by atoms with van der Waals surface area (Å²) in [6.07, 6.45) is 3.04. The second kappa shape index (κ2) is 5.65. The molecule has 16 heavy (non-hydrogen) atoms. The Morgan fingerprint density at radius 2 is 1.81 bits per heavy atom. The highest BCUT2D eigenvalue weighted by atomic mass is 127. The van der Waals surface area contributed by atoms with E-state index < -0.39 is 17.4 Å². The molecular weight excluding hydrogens is 323 g/mol. The van der Waals surface area contributed by atoms with Crippen LogP contribution < -0.4 is 0 Å². The van der Waals surface area contributed by atoms with Crippen molar-refractivity contribution in [3.05, 3.63) is 9.66 Å². The molecule has 0 aromatic rings. The van der Waals surface area contributed by atoms with Gasteiger partial charge in [-0.15, -0.1) is 0 Å². The summed E-state index contributed by atoms with van der Waals surface area (Å²) in [6, 6.07) is 0. The molecule has 1 aliphatic rings. The molecule has 0 bridgehead atoms. The lowest BCUT2D eigenvalue weighted by atomic mass is 9.71. The summed E-state index contributed by atoms with van der Waals surface area (Å²) >= 11 is 2.05. The molecular formula is C11H15IO4. The minimum atomic E-state index is -1.21. The van der Waals surface area contributed by atoms with Crippen molar-refractivity contribution in [3.63, 3.8) is 0 Å². The minimum absolute atomic E-state index is 0.473. The lowest BCUT2D eigenvalue weighted by molar-refractivity contribution is -0.167. The molecule has 0 saturated heterocycles. The number of hydrogen-bond donors (Lipinski definition) is 0. The van der Waals surface area contributed by atoms with Gasteiger partial charge in [0.2, 0.25) is 0 Å². The average Bonchev–Trinajstić information content (AvgIpc) is 2.36. The molecule has 0 radical (unpaired) electrons. The van der Waals surface area contributed by atoms with Crippen LogP contribution in [0, 0.1) is 5.41 Å². The van der Waals surface area contributed by atoms with E-state index in [9.17, 15) is 9.59 Å². The second-order valence-corrected chi connectivity index (χ2v) is 4.35. The Labute approximate surface area is 109 Å². The molecule has 90 valence electrons. The van der Waals surface area contributed by atoms with Crippen LogP contribution in [0.1, 0.15) is 25.7 Å². The largest absolute Gasteiger partial charge is 0.468 e. The number of carbonyl (C=O) groups excluding carboxylic acids is 2. The Kier molecular flexibility index (Phi) is 4.76. The van der Waals surface area contributed by atoms with E-state index in [-0.39, 0.29) is 0 Å². The molecule has 5 heteroatoms. The third-order valence-corrected chi connectivity index (χ3v) is 3.75. The number of halogens is 1. The Balaban J connectivity index is 3.20. The number of carbonyl (C=O) groups is 2. The predicted octanol–water partition coefficient (Wildman–Crippen LogP) is 2.21. The van der Waals surface area contributed by atoms with Crippen molar-refractivity contribution >= 4 is 34.5 Å². The van der Waals surface area contributed by atoms with Gasteiger partial charge in [-0.2, -0.15) is 0 Å². The lowest BCUT2D eigenvalue weighted by Crippen LogP contribution is -2.44. The van der Waals surface area contributed by atoms with E-state index in [4.69, 9.17) is 9.47 Å². The van der Waals surface area contributed by atoms with Crippen LogP contribution in [0.15, 0.2) is 9.66 Å². The van der Waals surface area contributed by atoms with E-state index in [1.54, 1.807) is 4.08 Å². The number of methoxy groups -OCH3 is 2. The fraction of sp³-hybridized carbons (Fsp3) is 0.636. The van der Waals surface area contributed by atoms with E-state index in [0.717, 1.165) is 24.8 Å². The molecule has 1 rings (SSSR count). The topological polar surface area (TPSA) is 52.6 Å². The van der Waals surface area contributed by atoms with Crippen LogP contribution in [-0.4, -0.2) is 26.2 Å². The SMILES string of the molecule is COC(=O)C1(C(=O)OC)CCCC/C1=C\I. The Hall–Kier alpha value is -0.590. The zero-order valence-corrected chi connectivity index (χ0v) is 11.6. The standard InChI is InChI=1S/C11H15IO4/c1-15-9(13)11(10(14)16-2)6-4-3-5-8(11)7-12/h7H,3-6H2,1-2H3/b8-7+. The lowest BCUT2D eigenvalue weighted by Gasteiger charge is -2.33. The van der Waals surface area contributed by atoms with Crippen LogP contribution in [0.5, 0.6) is 0 Å². The highest BCUT2D eigenvalue weighted by Crippen LogP contribution is 2.43. The summed E-state index contributed by atoms with van der Waals surface area (Å²) in [5.41, 5.74) is -0.402. The maximum atomic E-state index is 11.9. The highest BCUT2D eigenvalue weighted by molar-refractivity contribution is 14.1. The van der Waals surface area contributed by atoms with Crippen LogP contribution in [0.25, 0.3) is 0 Å². The van der Waals surface area contributed by atoms with E-state index in [2.05, 4.69) is 22.6 Å². The van der Waals surface area contributed by atoms with Gasteiger partial charge in [-0.05, 0) is 28.9 Å². The van der Waals surface area contributed by atoms with Crippen molar-refractivity contribution in [2.45, 2.75) is 25.7 Å². The van der Waals surface area contributed by atoms with E-state index in [1.807, 2.05) is 0 Å². The Morgan fingerprint density at radius 1 is 1.25 bits per heavy atom. The zero-order chi connectivity index (χ0) is 12.2. The van der Waals surface area contributed by atoms with Gasteiger partial charge in [0.05, 0.1) is 14.2 Å². The van der Waals surface area contributed by atoms with Crippen molar-refractivity contribution in [2.24, 2.45) is 5.41 Å². The van der Waals surface area contributed by atoms with Gasteiger partial charge in [-0.25, -0.2) is 0 Å². The number of esters is 2. The smallest absolute Gasteiger partial charge is 0.327 e. The first-order valence-electron chi connectivity index (χ1n) is 5.10. The molecule has 4 nitrogen and oxygen atoms in total. The number of rotatable bonds is 2. The van der Waals surface area contributed by atoms with Gasteiger partial charge < -0.3 is 9.47 Å². The van der Waals surface area contributed by atoms with Gasteiger partial charge in [-0.3, -0.25) is 9.59 Å². The molecule has 0 aromatic heterocycles. The van der Waals surface area contributed by atoms with Gasteiger partial charge in [0, 0.05) is 0 Å². The van der Waals surface area contributed by atoms with Gasteiger partial charge in [0.1, 0.15) is 0 Å². The van der Waals surface area contributed by atoms with Crippen molar-refractivity contribution in [3.8, 4) is 0 Å². The fourth-order valence-electron chi connectivity index (χ4n) is 2.13. The maximum absolute atomic E-state index is 11.9. The minimum Gasteiger partial charge on any atom is -0.468 e. The summed E-state index contributed by atoms with van der Waals surface area (Å²) in [6.45, 7) is 0. The highest BCUT2D eigenvalue weighted by Gasteiger charge is 2.52. The van der Waals surface area contributed by atoms with Crippen LogP contribution in [0.2, 0.25) is 0 Å². The van der Waals surface area contributed by atoms with E-state index >= 15 is 0 Å². The summed E-state index contributed by atoms with van der Waals surface area (Å²) in [7, 11) is 2.60. The second-order valence-electron chi connectivity index (χ2n) is 3.73. The molecule has 0 N–H and O–H groups in total. The van der Waals surface area contributed by atoms with Crippen molar-refractivity contribution in [2.75, 3.05) is 14.2 Å². The molecule has 0 spiro atoms. The first-order valence-corrected chi connectivity index (χ1v) is 6.34. The number of hydrogen-bond acceptors (Lipinski definition) is 4. The number of ether oxygens (including phenoxy) is 2. The maximum Gasteiger partial charge on any atom is 0.327 e. The summed E-state index contributed by atoms with van der Waals surface area (Å²) in [5, 5.41) is 0. The quantitative estimate of drug-likeness (QED) is 0.440. The van der Waals surface area contributed by atoms with Crippen LogP contribution in [0.4, 0.5) is 0 Å². The summed E-state index contributed by atoms with van der Waals surface area (Å²) in [4.78, 5) is 23.8. The predicted molar refractivity (Wildman–Crippen MR) is 67.0 cm³/mol. The van der Waals surface area contributed by atoms with E-state index in [0.29, 0.717) is 6.42 Å². The van der Waals surface area contributed by atoms with Crippen LogP contribution in [0.3, 0.4) is 0 Å². The Bertz CT molecular complexity index is 306. The first kappa shape index (κ1) is 13.5. The third-order valence-electron chi connectivity index (χ3n) is 3.00. The monoisotopic (exact) mass is 338 g/mol. The molecule has 1 saturated carbocycles. The molecule has 0 heterocycles. The summed E-state index contributed by atoms with van der Waals surface area (Å²) in [5.74, 6) is -1.02. The molecule has 0 aliphatic heterocycles. The van der Waals surface area contributed by atoms with Gasteiger partial charge in [0.25, 0.3) is 0 Å².